The Hall–Kier alpha value is 0.819. The van der Waals surface area contributed by atoms with Crippen LogP contribution in [0.25, 0.3) is 0 Å². The van der Waals surface area contributed by atoms with Crippen LogP contribution in [0.3, 0.4) is 0 Å². The Bertz CT molecular complexity index is 84.1. The molecule has 3 N–H and O–H groups in total. The van der Waals surface area contributed by atoms with Gasteiger partial charge < -0.3 is 0 Å². The number of carboxylic acid groups (broad SMARTS) is 1. The minimum atomic E-state index is -0.944. The van der Waals surface area contributed by atoms with Crippen molar-refractivity contribution in [3.8, 4) is 0 Å². The van der Waals surface area contributed by atoms with Crippen molar-refractivity contribution in [1.29, 1.82) is 0 Å². The van der Waals surface area contributed by atoms with E-state index in [4.69, 9.17) is 10.8 Å². The first-order chi connectivity index (χ1) is 3.18. The summed E-state index contributed by atoms with van der Waals surface area (Å²) in [7, 11) is 0. The van der Waals surface area contributed by atoms with Gasteiger partial charge in [-0.25, -0.2) is 0 Å². The molecule has 0 aromatic carbocycles. The molecule has 0 aromatic rings. The second-order valence-corrected chi connectivity index (χ2v) is 1.89. The van der Waals surface area contributed by atoms with E-state index in [1.54, 1.807) is 0 Å². The van der Waals surface area contributed by atoms with Gasteiger partial charge in [-0.2, -0.15) is 0 Å². The van der Waals surface area contributed by atoms with Crippen LogP contribution >= 0.6 is 37.2 Å². The van der Waals surface area contributed by atoms with Gasteiger partial charge in [0, 0.05) is 0 Å². The second-order valence-electron chi connectivity index (χ2n) is 1.13. The SMILES string of the molecule is Cl.Cl.Cl.N[C@@H](C[SeH])C(=O)O. The summed E-state index contributed by atoms with van der Waals surface area (Å²) >= 11 is 2.13. The molecule has 0 spiro atoms. The Morgan fingerprint density at radius 3 is 1.80 bits per heavy atom. The molecule has 0 aromatic heterocycles. The fourth-order valence-electron chi connectivity index (χ4n) is 0.0781. The van der Waals surface area contributed by atoms with Crippen LogP contribution in [0.1, 0.15) is 0 Å². The predicted molar refractivity (Wildman–Crippen MR) is 49.3 cm³/mol. The van der Waals surface area contributed by atoms with Crippen LogP contribution < -0.4 is 5.73 Å². The summed E-state index contributed by atoms with van der Waals surface area (Å²) in [5.41, 5.74) is 5.00. The fraction of sp³-hybridized carbons (Fsp3) is 0.667. The molecular weight excluding hydrogens is 267 g/mol. The molecule has 0 aliphatic heterocycles. The van der Waals surface area contributed by atoms with Crippen LogP contribution in [0.4, 0.5) is 0 Å². The number of hydrogen-bond donors (Lipinski definition) is 2. The molecule has 0 heterocycles. The quantitative estimate of drug-likeness (QED) is 0.698. The molecule has 0 rings (SSSR count). The van der Waals surface area contributed by atoms with E-state index in [9.17, 15) is 4.79 Å². The summed E-state index contributed by atoms with van der Waals surface area (Å²) in [4.78, 5) is 9.80. The summed E-state index contributed by atoms with van der Waals surface area (Å²) in [6.07, 6.45) is 0. The van der Waals surface area contributed by atoms with Gasteiger partial charge in [0.15, 0.2) is 0 Å². The number of hydrogen-bond acceptors (Lipinski definition) is 2. The van der Waals surface area contributed by atoms with Gasteiger partial charge in [-0.15, -0.1) is 37.2 Å². The molecule has 66 valence electrons. The summed E-state index contributed by atoms with van der Waals surface area (Å²) in [6, 6.07) is -0.708. The van der Waals surface area contributed by atoms with Gasteiger partial charge in [-0.05, 0) is 0 Å². The van der Waals surface area contributed by atoms with E-state index < -0.39 is 12.0 Å². The Kier molecular flexibility index (Phi) is 28.0. The van der Waals surface area contributed by atoms with Gasteiger partial charge in [0.1, 0.15) is 0 Å². The van der Waals surface area contributed by atoms with Crippen molar-refractivity contribution in [2.24, 2.45) is 5.73 Å². The van der Waals surface area contributed by atoms with E-state index in [1.165, 1.54) is 0 Å². The third kappa shape index (κ3) is 11.6. The molecule has 0 aliphatic rings. The Labute approximate surface area is 86.2 Å². The summed E-state index contributed by atoms with van der Waals surface area (Å²) < 4.78 is 0. The maximum atomic E-state index is 9.80. The van der Waals surface area contributed by atoms with Crippen LogP contribution in [0, 0.1) is 0 Å². The first-order valence-electron chi connectivity index (χ1n) is 1.77. The normalized spacial score (nSPS) is 9.40. The third-order valence-electron chi connectivity index (χ3n) is 0.514. The van der Waals surface area contributed by atoms with Crippen LogP contribution in [0.5, 0.6) is 0 Å². The number of halogens is 3. The van der Waals surface area contributed by atoms with E-state index in [0.717, 1.165) is 0 Å². The second kappa shape index (κ2) is 12.5. The Morgan fingerprint density at radius 1 is 1.50 bits per heavy atom. The molecule has 0 saturated heterocycles. The fourth-order valence-corrected chi connectivity index (χ4v) is 0.406. The third-order valence-corrected chi connectivity index (χ3v) is 1.34. The average molecular weight is 277 g/mol. The van der Waals surface area contributed by atoms with Crippen molar-refractivity contribution in [3.63, 3.8) is 0 Å². The van der Waals surface area contributed by atoms with Crippen molar-refractivity contribution in [3.05, 3.63) is 0 Å². The van der Waals surface area contributed by atoms with Gasteiger partial charge >= 0.3 is 49.0 Å². The number of rotatable bonds is 2. The van der Waals surface area contributed by atoms with Crippen molar-refractivity contribution < 1.29 is 9.90 Å². The van der Waals surface area contributed by atoms with Gasteiger partial charge in [0.2, 0.25) is 0 Å². The van der Waals surface area contributed by atoms with E-state index >= 15 is 0 Å². The Morgan fingerprint density at radius 2 is 1.80 bits per heavy atom. The monoisotopic (exact) mass is 277 g/mol. The molecule has 7 heteroatoms. The van der Waals surface area contributed by atoms with Gasteiger partial charge in [0.25, 0.3) is 0 Å². The zero-order chi connectivity index (χ0) is 5.86. The molecule has 0 amide bonds. The summed E-state index contributed by atoms with van der Waals surface area (Å²) in [5, 5.41) is 8.48. The van der Waals surface area contributed by atoms with Crippen LogP contribution in [-0.2, 0) is 4.79 Å². The summed E-state index contributed by atoms with van der Waals surface area (Å²) in [6.45, 7) is 0. The number of carbonyl (C=O) groups is 1. The molecule has 10 heavy (non-hydrogen) atoms. The van der Waals surface area contributed by atoms with Crippen LogP contribution in [-0.4, -0.2) is 33.1 Å². The maximum absolute atomic E-state index is 9.80. The molecule has 0 bridgehead atoms. The van der Waals surface area contributed by atoms with E-state index in [0.29, 0.717) is 5.32 Å². The van der Waals surface area contributed by atoms with Crippen LogP contribution in [0.2, 0.25) is 5.32 Å². The number of carboxylic acids is 1. The molecule has 3 nitrogen and oxygen atoms in total. The van der Waals surface area contributed by atoms with Gasteiger partial charge in [-0.3, -0.25) is 0 Å². The van der Waals surface area contributed by atoms with Gasteiger partial charge in [-0.1, -0.05) is 0 Å². The van der Waals surface area contributed by atoms with Crippen molar-refractivity contribution in [2.75, 3.05) is 0 Å². The molecule has 0 saturated carbocycles. The molecule has 0 radical (unpaired) electrons. The molecule has 0 aliphatic carbocycles. The van der Waals surface area contributed by atoms with Crippen molar-refractivity contribution in [1.82, 2.24) is 0 Å². The topological polar surface area (TPSA) is 63.3 Å². The van der Waals surface area contributed by atoms with Crippen molar-refractivity contribution >= 4 is 59.2 Å². The zero-order valence-electron chi connectivity index (χ0n) is 4.89. The van der Waals surface area contributed by atoms with E-state index in [-0.39, 0.29) is 37.2 Å². The summed E-state index contributed by atoms with van der Waals surface area (Å²) in [5.74, 6) is -0.944. The number of nitrogens with two attached hydrogens (primary N) is 1. The molecule has 1 atom stereocenters. The van der Waals surface area contributed by atoms with Crippen molar-refractivity contribution in [2.45, 2.75) is 11.4 Å². The first-order valence-corrected chi connectivity index (χ1v) is 3.10. The number of aliphatic carboxylic acids is 1. The standard InChI is InChI=1S/C3H7NO2Se.3ClH/c4-2(1-7)3(5)6;;;/h2,7H,1,4H2,(H,5,6);3*1H/t2-;;;/m0.../s1. The predicted octanol–water partition coefficient (Wildman–Crippen LogP) is -0.0172. The van der Waals surface area contributed by atoms with Crippen LogP contribution in [0.15, 0.2) is 0 Å². The average Bonchev–Trinajstić information content (AvgIpc) is 1.65. The van der Waals surface area contributed by atoms with Gasteiger partial charge in [0.05, 0.1) is 0 Å². The first kappa shape index (κ1) is 22.4. The zero-order valence-corrected chi connectivity index (χ0v) is 9.22. The minimum absolute atomic E-state index is 0. The van der Waals surface area contributed by atoms with E-state index in [1.807, 2.05) is 0 Å². The molecular formula is C3H10Cl3NO2Se. The Balaban J connectivity index is -0.0000000600. The van der Waals surface area contributed by atoms with E-state index in [2.05, 4.69) is 16.0 Å². The molecule has 0 unspecified atom stereocenters. The molecule has 0 fully saturated rings.